The topological polar surface area (TPSA) is 17.1 Å². The van der Waals surface area contributed by atoms with Crippen LogP contribution in [0.15, 0.2) is 23.1 Å². The normalized spacial score (nSPS) is 10.6. The SMILES string of the molecule is Cc1sc2cccc(S)c2c1C=O. The molecule has 2 aromatic rings. The monoisotopic (exact) mass is 208 g/mol. The van der Waals surface area contributed by atoms with Crippen molar-refractivity contribution in [1.29, 1.82) is 0 Å². The summed E-state index contributed by atoms with van der Waals surface area (Å²) >= 11 is 5.97. The highest BCUT2D eigenvalue weighted by molar-refractivity contribution is 7.80. The Hall–Kier alpha value is -0.800. The van der Waals surface area contributed by atoms with Crippen LogP contribution in [0.25, 0.3) is 10.1 Å². The van der Waals surface area contributed by atoms with Gasteiger partial charge in [0.15, 0.2) is 6.29 Å². The van der Waals surface area contributed by atoms with Gasteiger partial charge in [0.25, 0.3) is 0 Å². The molecule has 0 radical (unpaired) electrons. The molecule has 1 heterocycles. The van der Waals surface area contributed by atoms with Crippen molar-refractivity contribution in [3.8, 4) is 0 Å². The van der Waals surface area contributed by atoms with E-state index in [1.807, 2.05) is 25.1 Å². The van der Waals surface area contributed by atoms with Crippen LogP contribution in [0.3, 0.4) is 0 Å². The number of thiophene rings is 1. The molecule has 3 heteroatoms. The van der Waals surface area contributed by atoms with E-state index in [0.717, 1.165) is 31.7 Å². The van der Waals surface area contributed by atoms with Crippen LogP contribution in [-0.4, -0.2) is 6.29 Å². The molecule has 0 aliphatic carbocycles. The quantitative estimate of drug-likeness (QED) is 0.562. The fraction of sp³-hybridized carbons (Fsp3) is 0.100. The standard InChI is InChI=1S/C10H8OS2/c1-6-7(5-11)10-8(12)3-2-4-9(10)13-6/h2-5,12H,1H3. The molecule has 0 saturated carbocycles. The number of fused-ring (bicyclic) bond motifs is 1. The smallest absolute Gasteiger partial charge is 0.151 e. The van der Waals surface area contributed by atoms with Gasteiger partial charge in [0.1, 0.15) is 0 Å². The van der Waals surface area contributed by atoms with Crippen molar-refractivity contribution in [3.05, 3.63) is 28.6 Å². The van der Waals surface area contributed by atoms with Gasteiger partial charge in [0, 0.05) is 25.4 Å². The van der Waals surface area contributed by atoms with E-state index in [1.165, 1.54) is 0 Å². The molecule has 0 N–H and O–H groups in total. The van der Waals surface area contributed by atoms with Gasteiger partial charge in [-0.2, -0.15) is 0 Å². The summed E-state index contributed by atoms with van der Waals surface area (Å²) in [5, 5.41) is 0.989. The minimum atomic E-state index is 0.783. The highest BCUT2D eigenvalue weighted by Crippen LogP contribution is 2.33. The molecule has 1 nitrogen and oxygen atoms in total. The second-order valence-electron chi connectivity index (χ2n) is 2.84. The lowest BCUT2D eigenvalue weighted by Gasteiger charge is -1.94. The summed E-state index contributed by atoms with van der Waals surface area (Å²) in [6, 6.07) is 5.87. The van der Waals surface area contributed by atoms with Gasteiger partial charge in [0.2, 0.25) is 0 Å². The average molecular weight is 208 g/mol. The average Bonchev–Trinajstić information content (AvgIpc) is 2.42. The summed E-state index contributed by atoms with van der Waals surface area (Å²) in [7, 11) is 0. The molecule has 0 unspecified atom stereocenters. The van der Waals surface area contributed by atoms with Crippen molar-refractivity contribution in [2.24, 2.45) is 0 Å². The largest absolute Gasteiger partial charge is 0.298 e. The van der Waals surface area contributed by atoms with Crippen molar-refractivity contribution < 1.29 is 4.79 Å². The summed E-state index contributed by atoms with van der Waals surface area (Å²) in [5.74, 6) is 0. The van der Waals surface area contributed by atoms with Crippen LogP contribution < -0.4 is 0 Å². The lowest BCUT2D eigenvalue weighted by Crippen LogP contribution is -1.79. The summed E-state index contributed by atoms with van der Waals surface area (Å²) in [4.78, 5) is 12.8. The van der Waals surface area contributed by atoms with E-state index in [0.29, 0.717) is 0 Å². The van der Waals surface area contributed by atoms with Crippen LogP contribution >= 0.6 is 24.0 Å². The van der Waals surface area contributed by atoms with E-state index in [1.54, 1.807) is 11.3 Å². The summed E-state index contributed by atoms with van der Waals surface area (Å²) in [6.07, 6.45) is 0.911. The van der Waals surface area contributed by atoms with E-state index in [-0.39, 0.29) is 0 Å². The Kier molecular flexibility index (Phi) is 2.14. The Labute approximate surface area is 85.8 Å². The highest BCUT2D eigenvalue weighted by atomic mass is 32.1. The molecule has 0 saturated heterocycles. The number of rotatable bonds is 1. The predicted molar refractivity (Wildman–Crippen MR) is 59.2 cm³/mol. The van der Waals surface area contributed by atoms with Gasteiger partial charge in [-0.1, -0.05) is 6.07 Å². The van der Waals surface area contributed by atoms with E-state index >= 15 is 0 Å². The van der Waals surface area contributed by atoms with Crippen molar-refractivity contribution >= 4 is 40.3 Å². The molecule has 0 bridgehead atoms. The molecule has 1 aromatic heterocycles. The van der Waals surface area contributed by atoms with Crippen LogP contribution in [0.1, 0.15) is 15.2 Å². The number of hydrogen-bond donors (Lipinski definition) is 1. The number of carbonyl (C=O) groups is 1. The maximum absolute atomic E-state index is 10.8. The lowest BCUT2D eigenvalue weighted by atomic mass is 10.1. The van der Waals surface area contributed by atoms with Gasteiger partial charge in [-0.05, 0) is 19.1 Å². The maximum atomic E-state index is 10.8. The zero-order valence-corrected chi connectivity index (χ0v) is 8.78. The first kappa shape index (κ1) is 8.78. The molecule has 0 aliphatic rings. The van der Waals surface area contributed by atoms with Crippen LogP contribution in [-0.2, 0) is 0 Å². The fourth-order valence-corrected chi connectivity index (χ4v) is 2.87. The maximum Gasteiger partial charge on any atom is 0.151 e. The fourth-order valence-electron chi connectivity index (χ4n) is 1.41. The number of aldehydes is 1. The molecule has 66 valence electrons. The Morgan fingerprint density at radius 1 is 1.46 bits per heavy atom. The van der Waals surface area contributed by atoms with Gasteiger partial charge in [-0.25, -0.2) is 0 Å². The molecule has 0 amide bonds. The summed E-state index contributed by atoms with van der Waals surface area (Å²) in [6.45, 7) is 1.96. The molecule has 13 heavy (non-hydrogen) atoms. The summed E-state index contributed by atoms with van der Waals surface area (Å²) in [5.41, 5.74) is 0.783. The Bertz CT molecular complexity index is 471. The predicted octanol–water partition coefficient (Wildman–Crippen LogP) is 3.31. The Morgan fingerprint density at radius 2 is 2.23 bits per heavy atom. The molecule has 2 rings (SSSR count). The zero-order valence-electron chi connectivity index (χ0n) is 7.07. The van der Waals surface area contributed by atoms with Gasteiger partial charge in [-0.3, -0.25) is 4.79 Å². The second-order valence-corrected chi connectivity index (χ2v) is 4.58. The molecule has 1 aromatic carbocycles. The Morgan fingerprint density at radius 3 is 2.92 bits per heavy atom. The summed E-state index contributed by atoms with van der Waals surface area (Å²) < 4.78 is 1.13. The second kappa shape index (κ2) is 3.16. The first-order chi connectivity index (χ1) is 6.24. The number of benzene rings is 1. The number of aryl methyl sites for hydroxylation is 1. The van der Waals surface area contributed by atoms with Crippen LogP contribution in [0.2, 0.25) is 0 Å². The van der Waals surface area contributed by atoms with Crippen molar-refractivity contribution in [2.75, 3.05) is 0 Å². The molecule has 0 atom stereocenters. The van der Waals surface area contributed by atoms with E-state index < -0.39 is 0 Å². The third kappa shape index (κ3) is 1.28. The van der Waals surface area contributed by atoms with Crippen LogP contribution in [0, 0.1) is 6.92 Å². The molecule has 0 fully saturated rings. The minimum Gasteiger partial charge on any atom is -0.298 e. The highest BCUT2D eigenvalue weighted by Gasteiger charge is 2.09. The third-order valence-electron chi connectivity index (χ3n) is 2.03. The van der Waals surface area contributed by atoms with Gasteiger partial charge in [-0.15, -0.1) is 24.0 Å². The van der Waals surface area contributed by atoms with E-state index in [4.69, 9.17) is 0 Å². The lowest BCUT2D eigenvalue weighted by molar-refractivity contribution is 0.112. The molecule has 0 aliphatic heterocycles. The molecular formula is C10H8OS2. The van der Waals surface area contributed by atoms with Crippen molar-refractivity contribution in [2.45, 2.75) is 11.8 Å². The van der Waals surface area contributed by atoms with Crippen LogP contribution in [0.4, 0.5) is 0 Å². The molecular weight excluding hydrogens is 200 g/mol. The zero-order chi connectivity index (χ0) is 9.42. The molecule has 0 spiro atoms. The number of thiol groups is 1. The first-order valence-electron chi connectivity index (χ1n) is 3.90. The van der Waals surface area contributed by atoms with Crippen LogP contribution in [0.5, 0.6) is 0 Å². The Balaban J connectivity index is 2.96. The van der Waals surface area contributed by atoms with E-state index in [9.17, 15) is 4.79 Å². The van der Waals surface area contributed by atoms with Crippen molar-refractivity contribution in [3.63, 3.8) is 0 Å². The minimum absolute atomic E-state index is 0.783. The van der Waals surface area contributed by atoms with E-state index in [2.05, 4.69) is 12.6 Å². The number of hydrogen-bond acceptors (Lipinski definition) is 3. The van der Waals surface area contributed by atoms with Gasteiger partial charge in [0.05, 0.1) is 0 Å². The first-order valence-corrected chi connectivity index (χ1v) is 5.16. The third-order valence-corrected chi connectivity index (χ3v) is 3.49. The van der Waals surface area contributed by atoms with Crippen molar-refractivity contribution in [1.82, 2.24) is 0 Å². The van der Waals surface area contributed by atoms with Gasteiger partial charge >= 0.3 is 0 Å². The number of carbonyl (C=O) groups excluding carboxylic acids is 1. The van der Waals surface area contributed by atoms with Gasteiger partial charge < -0.3 is 0 Å².